The molecule has 2 aromatic rings. The number of halogens is 6. The molecule has 0 radical (unpaired) electrons. The Labute approximate surface area is 126 Å². The molecular formula is C11H4Cl3F3N2O. The third-order valence-corrected chi connectivity index (χ3v) is 2.79. The second-order valence-corrected chi connectivity index (χ2v) is 4.72. The third-order valence-electron chi connectivity index (χ3n) is 2.07. The minimum absolute atomic E-state index is 0.0575. The van der Waals surface area contributed by atoms with Crippen molar-refractivity contribution in [1.29, 1.82) is 0 Å². The fourth-order valence-electron chi connectivity index (χ4n) is 1.26. The number of hydrogen-bond donors (Lipinski definition) is 0. The predicted molar refractivity (Wildman–Crippen MR) is 68.6 cm³/mol. The average molecular weight is 344 g/mol. The molecular weight excluding hydrogens is 339 g/mol. The third kappa shape index (κ3) is 3.65. The van der Waals surface area contributed by atoms with Crippen LogP contribution in [0.15, 0.2) is 24.3 Å². The van der Waals surface area contributed by atoms with Gasteiger partial charge in [0.05, 0.1) is 5.02 Å². The van der Waals surface area contributed by atoms with Gasteiger partial charge >= 0.3 is 6.18 Å². The van der Waals surface area contributed by atoms with Crippen LogP contribution in [0.5, 0.6) is 11.6 Å². The first-order valence-electron chi connectivity index (χ1n) is 5.00. The minimum atomic E-state index is -4.66. The lowest BCUT2D eigenvalue weighted by atomic mass is 10.3. The van der Waals surface area contributed by atoms with Crippen LogP contribution in [0.1, 0.15) is 5.69 Å². The highest BCUT2D eigenvalue weighted by atomic mass is 35.5. The lowest BCUT2D eigenvalue weighted by molar-refractivity contribution is -0.141. The first-order chi connectivity index (χ1) is 9.25. The molecule has 2 rings (SSSR count). The zero-order valence-electron chi connectivity index (χ0n) is 9.38. The maximum absolute atomic E-state index is 12.6. The highest BCUT2D eigenvalue weighted by Crippen LogP contribution is 2.34. The molecule has 9 heteroatoms. The van der Waals surface area contributed by atoms with Crippen molar-refractivity contribution < 1.29 is 17.9 Å². The molecule has 1 heterocycles. The van der Waals surface area contributed by atoms with E-state index in [2.05, 4.69) is 9.97 Å². The molecule has 0 atom stereocenters. The molecule has 1 aromatic heterocycles. The van der Waals surface area contributed by atoms with Crippen molar-refractivity contribution >= 4 is 34.8 Å². The number of rotatable bonds is 2. The molecule has 0 amide bonds. The second kappa shape index (κ2) is 5.63. The molecule has 0 fully saturated rings. The van der Waals surface area contributed by atoms with Crippen molar-refractivity contribution in [3.63, 3.8) is 0 Å². The Bertz CT molecular complexity index is 649. The van der Waals surface area contributed by atoms with E-state index in [1.807, 2.05) is 0 Å². The molecule has 1 aromatic carbocycles. The van der Waals surface area contributed by atoms with Crippen molar-refractivity contribution in [3.8, 4) is 11.6 Å². The maximum atomic E-state index is 12.6. The zero-order chi connectivity index (χ0) is 14.9. The van der Waals surface area contributed by atoms with Gasteiger partial charge in [0, 0.05) is 17.2 Å². The van der Waals surface area contributed by atoms with Gasteiger partial charge in [0.15, 0.2) is 5.69 Å². The van der Waals surface area contributed by atoms with Gasteiger partial charge in [-0.25, -0.2) is 4.98 Å². The van der Waals surface area contributed by atoms with Gasteiger partial charge in [-0.3, -0.25) is 0 Å². The molecule has 0 unspecified atom stereocenters. The van der Waals surface area contributed by atoms with E-state index in [9.17, 15) is 13.2 Å². The lowest BCUT2D eigenvalue weighted by Crippen LogP contribution is -2.09. The largest absolute Gasteiger partial charge is 0.437 e. The number of alkyl halides is 3. The van der Waals surface area contributed by atoms with Gasteiger partial charge in [0.2, 0.25) is 11.2 Å². The summed E-state index contributed by atoms with van der Waals surface area (Å²) < 4.78 is 42.9. The van der Waals surface area contributed by atoms with E-state index in [4.69, 9.17) is 39.5 Å². The van der Waals surface area contributed by atoms with E-state index in [0.29, 0.717) is 11.1 Å². The summed E-state index contributed by atoms with van der Waals surface area (Å²) in [5.41, 5.74) is -1.22. The SMILES string of the molecule is FC(F)(F)c1cc(Oc2cc(Cl)ccc2Cl)nc(Cl)n1. The summed E-state index contributed by atoms with van der Waals surface area (Å²) in [6.07, 6.45) is -4.66. The quantitative estimate of drug-likeness (QED) is 0.699. The Balaban J connectivity index is 2.39. The standard InChI is InChI=1S/C11H4Cl3F3N2O/c12-5-1-2-6(13)7(3-5)20-9-4-8(11(15,16)17)18-10(14)19-9/h1-4H. The summed E-state index contributed by atoms with van der Waals surface area (Å²) >= 11 is 17.0. The topological polar surface area (TPSA) is 35.0 Å². The molecule has 0 bridgehead atoms. The summed E-state index contributed by atoms with van der Waals surface area (Å²) in [6, 6.07) is 4.90. The first kappa shape index (κ1) is 15.2. The Morgan fingerprint density at radius 3 is 2.35 bits per heavy atom. The molecule has 0 aliphatic heterocycles. The van der Waals surface area contributed by atoms with E-state index >= 15 is 0 Å². The number of benzene rings is 1. The van der Waals surface area contributed by atoms with Crippen LogP contribution < -0.4 is 4.74 Å². The van der Waals surface area contributed by atoms with Crippen LogP contribution in [0, 0.1) is 0 Å². The molecule has 20 heavy (non-hydrogen) atoms. The fourth-order valence-corrected chi connectivity index (χ4v) is 1.75. The van der Waals surface area contributed by atoms with Crippen molar-refractivity contribution in [1.82, 2.24) is 9.97 Å². The molecule has 106 valence electrons. The van der Waals surface area contributed by atoms with Gasteiger partial charge in [-0.1, -0.05) is 23.2 Å². The van der Waals surface area contributed by atoms with E-state index in [1.54, 1.807) is 0 Å². The average Bonchev–Trinajstić information content (AvgIpc) is 2.32. The van der Waals surface area contributed by atoms with Crippen molar-refractivity contribution in [2.24, 2.45) is 0 Å². The van der Waals surface area contributed by atoms with Crippen LogP contribution in [-0.4, -0.2) is 9.97 Å². The Morgan fingerprint density at radius 2 is 1.70 bits per heavy atom. The summed E-state index contributed by atoms with van der Waals surface area (Å²) in [7, 11) is 0. The van der Waals surface area contributed by atoms with E-state index in [-0.39, 0.29) is 16.7 Å². The number of nitrogens with zero attached hydrogens (tertiary/aromatic N) is 2. The van der Waals surface area contributed by atoms with Gasteiger partial charge in [-0.05, 0) is 23.7 Å². The zero-order valence-corrected chi connectivity index (χ0v) is 11.6. The Morgan fingerprint density at radius 1 is 1.00 bits per heavy atom. The summed E-state index contributed by atoms with van der Waals surface area (Å²) in [5, 5.41) is -0.119. The second-order valence-electron chi connectivity index (χ2n) is 3.54. The van der Waals surface area contributed by atoms with Gasteiger partial charge in [-0.2, -0.15) is 18.2 Å². The number of ether oxygens (including phenoxy) is 1. The molecule has 0 spiro atoms. The van der Waals surface area contributed by atoms with E-state index in [1.165, 1.54) is 18.2 Å². The monoisotopic (exact) mass is 342 g/mol. The lowest BCUT2D eigenvalue weighted by Gasteiger charge is -2.10. The van der Waals surface area contributed by atoms with E-state index in [0.717, 1.165) is 0 Å². The van der Waals surface area contributed by atoms with E-state index < -0.39 is 17.2 Å². The Hall–Kier alpha value is -1.24. The normalized spacial score (nSPS) is 11.5. The number of hydrogen-bond acceptors (Lipinski definition) is 3. The highest BCUT2D eigenvalue weighted by molar-refractivity contribution is 6.34. The van der Waals surface area contributed by atoms with Crippen LogP contribution in [0.25, 0.3) is 0 Å². The minimum Gasteiger partial charge on any atom is -0.437 e. The van der Waals surface area contributed by atoms with Gasteiger partial charge in [0.25, 0.3) is 0 Å². The molecule has 0 aliphatic rings. The summed E-state index contributed by atoms with van der Waals surface area (Å²) in [6.45, 7) is 0. The van der Waals surface area contributed by atoms with Crippen LogP contribution in [-0.2, 0) is 6.18 Å². The first-order valence-corrected chi connectivity index (χ1v) is 6.14. The van der Waals surface area contributed by atoms with Crippen molar-refractivity contribution in [2.45, 2.75) is 6.18 Å². The molecule has 3 nitrogen and oxygen atoms in total. The molecule has 0 aliphatic carbocycles. The van der Waals surface area contributed by atoms with Gasteiger partial charge < -0.3 is 4.74 Å². The van der Waals surface area contributed by atoms with Crippen molar-refractivity contribution in [2.75, 3.05) is 0 Å². The summed E-state index contributed by atoms with van der Waals surface area (Å²) in [4.78, 5) is 6.62. The predicted octanol–water partition coefficient (Wildman–Crippen LogP) is 5.25. The van der Waals surface area contributed by atoms with Gasteiger partial charge in [-0.15, -0.1) is 0 Å². The van der Waals surface area contributed by atoms with Crippen molar-refractivity contribution in [3.05, 3.63) is 45.3 Å². The van der Waals surface area contributed by atoms with Crippen LogP contribution in [0.2, 0.25) is 15.3 Å². The highest BCUT2D eigenvalue weighted by Gasteiger charge is 2.34. The van der Waals surface area contributed by atoms with Crippen LogP contribution in [0.4, 0.5) is 13.2 Å². The molecule has 0 saturated carbocycles. The molecule has 0 N–H and O–H groups in total. The Kier molecular flexibility index (Phi) is 4.27. The van der Waals surface area contributed by atoms with Crippen LogP contribution >= 0.6 is 34.8 Å². The fraction of sp³-hybridized carbons (Fsp3) is 0.0909. The van der Waals surface area contributed by atoms with Crippen LogP contribution in [0.3, 0.4) is 0 Å². The number of aromatic nitrogens is 2. The molecule has 0 saturated heterocycles. The summed E-state index contributed by atoms with van der Waals surface area (Å²) in [5.74, 6) is -0.330. The smallest absolute Gasteiger partial charge is 0.433 e. The van der Waals surface area contributed by atoms with Gasteiger partial charge in [0.1, 0.15) is 5.75 Å². The maximum Gasteiger partial charge on any atom is 0.433 e.